The summed E-state index contributed by atoms with van der Waals surface area (Å²) in [5, 5.41) is 16.5. The summed E-state index contributed by atoms with van der Waals surface area (Å²) < 4.78 is 1.93. The molecule has 5 heteroatoms. The summed E-state index contributed by atoms with van der Waals surface area (Å²) in [7, 11) is 0. The van der Waals surface area contributed by atoms with Gasteiger partial charge in [0.1, 0.15) is 12.9 Å². The van der Waals surface area contributed by atoms with Gasteiger partial charge < -0.3 is 9.67 Å². The summed E-state index contributed by atoms with van der Waals surface area (Å²) in [5.74, 6) is 1.92. The van der Waals surface area contributed by atoms with Gasteiger partial charge in [-0.05, 0) is 24.9 Å². The number of hydrogen-bond acceptors (Lipinski definition) is 4. The van der Waals surface area contributed by atoms with Crippen LogP contribution in [0.1, 0.15) is 31.5 Å². The van der Waals surface area contributed by atoms with Crippen molar-refractivity contribution in [3.8, 4) is 0 Å². The second-order valence-corrected chi connectivity index (χ2v) is 4.49. The van der Waals surface area contributed by atoms with Crippen LogP contribution in [0.2, 0.25) is 0 Å². The van der Waals surface area contributed by atoms with Crippen LogP contribution in [0.25, 0.3) is 0 Å². The van der Waals surface area contributed by atoms with Gasteiger partial charge in [0.25, 0.3) is 0 Å². The topological polar surface area (TPSA) is 50.9 Å². The minimum atomic E-state index is -0.0214. The number of nitrogens with zero attached hydrogens (tertiary/aromatic N) is 3. The van der Waals surface area contributed by atoms with Crippen molar-refractivity contribution in [3.63, 3.8) is 0 Å². The fourth-order valence-electron chi connectivity index (χ4n) is 1.47. The highest BCUT2D eigenvalue weighted by Crippen LogP contribution is 2.06. The zero-order valence-electron chi connectivity index (χ0n) is 9.22. The van der Waals surface area contributed by atoms with Crippen LogP contribution in [-0.2, 0) is 13.2 Å². The maximum Gasteiger partial charge on any atom is 0.158 e. The van der Waals surface area contributed by atoms with E-state index in [0.717, 1.165) is 13.0 Å². The Labute approximate surface area is 95.1 Å². The molecule has 1 N–H and O–H groups in total. The molecule has 1 aromatic rings. The molecule has 0 saturated heterocycles. The summed E-state index contributed by atoms with van der Waals surface area (Å²) >= 11 is 1.91. The van der Waals surface area contributed by atoms with Gasteiger partial charge >= 0.3 is 0 Å². The molecule has 0 aliphatic heterocycles. The number of aliphatic hydroxyl groups is 1. The quantitative estimate of drug-likeness (QED) is 0.689. The molecule has 0 amide bonds. The van der Waals surface area contributed by atoms with Crippen LogP contribution in [0.3, 0.4) is 0 Å². The normalized spacial score (nSPS) is 10.8. The molecule has 0 unspecified atom stereocenters. The molecule has 0 bridgehead atoms. The molecule has 1 rings (SSSR count). The second-order valence-electron chi connectivity index (χ2n) is 3.51. The Kier molecular flexibility index (Phi) is 6.43. The van der Waals surface area contributed by atoms with Crippen LogP contribution in [0.4, 0.5) is 0 Å². The van der Waals surface area contributed by atoms with E-state index in [2.05, 4.69) is 16.5 Å². The molecule has 0 aromatic carbocycles. The van der Waals surface area contributed by atoms with Crippen LogP contribution < -0.4 is 0 Å². The first kappa shape index (κ1) is 12.5. The molecular formula is C10H19N3OS. The average molecular weight is 229 g/mol. The summed E-state index contributed by atoms with van der Waals surface area (Å²) in [4.78, 5) is 0. The number of hydrogen-bond donors (Lipinski definition) is 1. The molecule has 0 saturated carbocycles. The largest absolute Gasteiger partial charge is 0.388 e. The van der Waals surface area contributed by atoms with E-state index >= 15 is 0 Å². The lowest BCUT2D eigenvalue weighted by Crippen LogP contribution is -2.02. The highest BCUT2D eigenvalue weighted by molar-refractivity contribution is 7.98. The maximum absolute atomic E-state index is 8.95. The maximum atomic E-state index is 8.95. The van der Waals surface area contributed by atoms with Gasteiger partial charge in [0.15, 0.2) is 5.82 Å². The van der Waals surface area contributed by atoms with Gasteiger partial charge in [-0.3, -0.25) is 0 Å². The molecule has 4 nitrogen and oxygen atoms in total. The van der Waals surface area contributed by atoms with E-state index in [0.29, 0.717) is 5.82 Å². The first-order valence-corrected chi connectivity index (χ1v) is 6.74. The smallest absolute Gasteiger partial charge is 0.158 e. The highest BCUT2D eigenvalue weighted by atomic mass is 32.2. The summed E-state index contributed by atoms with van der Waals surface area (Å²) in [6.45, 7) is 0.897. The molecule has 0 aliphatic rings. The van der Waals surface area contributed by atoms with Crippen molar-refractivity contribution in [2.45, 2.75) is 38.8 Å². The molecule has 15 heavy (non-hydrogen) atoms. The van der Waals surface area contributed by atoms with Crippen LogP contribution in [-0.4, -0.2) is 31.9 Å². The lowest BCUT2D eigenvalue weighted by molar-refractivity contribution is 0.264. The Morgan fingerprint density at radius 1 is 1.33 bits per heavy atom. The van der Waals surface area contributed by atoms with E-state index < -0.39 is 0 Å². The fraction of sp³-hybridized carbons (Fsp3) is 0.800. The van der Waals surface area contributed by atoms with Crippen molar-refractivity contribution < 1.29 is 5.11 Å². The minimum Gasteiger partial charge on any atom is -0.388 e. The number of aryl methyl sites for hydroxylation is 1. The standard InChI is InChI=1S/C10H19N3OS/c1-15-7-5-3-2-4-6-13-9-11-12-10(13)8-14/h9,14H,2-8H2,1H3. The predicted octanol–water partition coefficient (Wildman–Crippen LogP) is 1.69. The number of unbranched alkanes of at least 4 members (excludes halogenated alkanes) is 3. The number of thioether (sulfide) groups is 1. The fourth-order valence-corrected chi connectivity index (χ4v) is 1.96. The lowest BCUT2D eigenvalue weighted by Gasteiger charge is -2.04. The molecule has 0 spiro atoms. The number of aromatic nitrogens is 3. The summed E-state index contributed by atoms with van der Waals surface area (Å²) in [6.07, 6.45) is 8.80. The molecule has 0 fully saturated rings. The Bertz CT molecular complexity index is 265. The van der Waals surface area contributed by atoms with Crippen molar-refractivity contribution in [1.29, 1.82) is 0 Å². The Balaban J connectivity index is 2.09. The number of rotatable bonds is 8. The van der Waals surface area contributed by atoms with E-state index in [4.69, 9.17) is 5.11 Å². The molecule has 86 valence electrons. The monoisotopic (exact) mass is 229 g/mol. The van der Waals surface area contributed by atoms with E-state index in [1.807, 2.05) is 16.3 Å². The third-order valence-electron chi connectivity index (χ3n) is 2.33. The van der Waals surface area contributed by atoms with E-state index in [1.165, 1.54) is 25.0 Å². The molecule has 1 aromatic heterocycles. The van der Waals surface area contributed by atoms with E-state index in [9.17, 15) is 0 Å². The van der Waals surface area contributed by atoms with Gasteiger partial charge in [-0.15, -0.1) is 10.2 Å². The van der Waals surface area contributed by atoms with Gasteiger partial charge in [0.2, 0.25) is 0 Å². The first-order valence-electron chi connectivity index (χ1n) is 5.35. The Hall–Kier alpha value is -0.550. The van der Waals surface area contributed by atoms with Gasteiger partial charge in [-0.2, -0.15) is 11.8 Å². The van der Waals surface area contributed by atoms with Crippen molar-refractivity contribution in [3.05, 3.63) is 12.2 Å². The van der Waals surface area contributed by atoms with Crippen LogP contribution in [0.15, 0.2) is 6.33 Å². The summed E-state index contributed by atoms with van der Waals surface area (Å²) in [5.41, 5.74) is 0. The molecule has 0 aliphatic carbocycles. The molecule has 0 radical (unpaired) electrons. The average Bonchev–Trinajstić information content (AvgIpc) is 2.70. The third kappa shape index (κ3) is 4.66. The minimum absolute atomic E-state index is 0.0214. The lowest BCUT2D eigenvalue weighted by atomic mass is 10.2. The van der Waals surface area contributed by atoms with Gasteiger partial charge in [-0.1, -0.05) is 12.8 Å². The zero-order valence-corrected chi connectivity index (χ0v) is 10.0. The van der Waals surface area contributed by atoms with E-state index in [1.54, 1.807) is 6.33 Å². The van der Waals surface area contributed by atoms with Crippen molar-refractivity contribution in [1.82, 2.24) is 14.8 Å². The Morgan fingerprint density at radius 3 is 2.87 bits per heavy atom. The first-order chi connectivity index (χ1) is 7.38. The van der Waals surface area contributed by atoms with Crippen molar-refractivity contribution >= 4 is 11.8 Å². The highest BCUT2D eigenvalue weighted by Gasteiger charge is 2.01. The van der Waals surface area contributed by atoms with Gasteiger partial charge in [-0.25, -0.2) is 0 Å². The Morgan fingerprint density at radius 2 is 2.13 bits per heavy atom. The predicted molar refractivity (Wildman–Crippen MR) is 62.8 cm³/mol. The van der Waals surface area contributed by atoms with Gasteiger partial charge in [0.05, 0.1) is 0 Å². The van der Waals surface area contributed by atoms with Crippen molar-refractivity contribution in [2.24, 2.45) is 0 Å². The van der Waals surface area contributed by atoms with E-state index in [-0.39, 0.29) is 6.61 Å². The van der Waals surface area contributed by atoms with Crippen LogP contribution in [0, 0.1) is 0 Å². The summed E-state index contributed by atoms with van der Waals surface area (Å²) in [6, 6.07) is 0. The SMILES string of the molecule is CSCCCCCCn1cnnc1CO. The molecule has 0 atom stereocenters. The molecular weight excluding hydrogens is 210 g/mol. The third-order valence-corrected chi connectivity index (χ3v) is 3.03. The molecule has 1 heterocycles. The van der Waals surface area contributed by atoms with Crippen molar-refractivity contribution in [2.75, 3.05) is 12.0 Å². The second kappa shape index (κ2) is 7.70. The van der Waals surface area contributed by atoms with Crippen LogP contribution in [0.5, 0.6) is 0 Å². The zero-order chi connectivity index (χ0) is 10.9. The van der Waals surface area contributed by atoms with Gasteiger partial charge in [0, 0.05) is 6.54 Å². The number of aliphatic hydroxyl groups excluding tert-OH is 1. The van der Waals surface area contributed by atoms with Crippen LogP contribution >= 0.6 is 11.8 Å².